The zero-order valence-corrected chi connectivity index (χ0v) is 16.3. The number of ether oxygens (including phenoxy) is 1. The van der Waals surface area contributed by atoms with Crippen LogP contribution in [-0.4, -0.2) is 46.6 Å². The summed E-state index contributed by atoms with van der Waals surface area (Å²) in [6, 6.07) is -0.402. The van der Waals surface area contributed by atoms with E-state index in [1.165, 1.54) is 18.7 Å². The number of hydrogen-bond acceptors (Lipinski definition) is 6. The molecule has 4 atom stereocenters. The fourth-order valence-corrected chi connectivity index (χ4v) is 3.31. The van der Waals surface area contributed by atoms with Crippen LogP contribution < -0.4 is 56.5 Å². The number of carbonyl (C=O) groups is 3. The predicted octanol–water partition coefficient (Wildman–Crippen LogP) is -4.19. The summed E-state index contributed by atoms with van der Waals surface area (Å²) >= 11 is 0. The molecule has 116 valence electrons. The molecule has 0 aromatic heterocycles. The second-order valence-electron chi connectivity index (χ2n) is 5.52. The Kier molecular flexibility index (Phi) is 6.79. The van der Waals surface area contributed by atoms with Gasteiger partial charge in [-0.2, -0.15) is 0 Å². The maximum Gasteiger partial charge on any atom is 1.00 e. The number of β-lactam (4-membered cyclic amide) rings is 1. The van der Waals surface area contributed by atoms with E-state index in [1.54, 1.807) is 6.92 Å². The first kappa shape index (κ1) is 19.8. The Hall–Kier alpha value is -0.254. The van der Waals surface area contributed by atoms with Crippen LogP contribution >= 0.6 is 0 Å². The van der Waals surface area contributed by atoms with Crippen molar-refractivity contribution in [2.45, 2.75) is 39.3 Å². The Morgan fingerprint density at radius 1 is 1.45 bits per heavy atom. The normalized spacial score (nSPS) is 27.7. The Morgan fingerprint density at radius 3 is 2.50 bits per heavy atom. The van der Waals surface area contributed by atoms with Crippen LogP contribution in [0.25, 0.3) is 0 Å². The van der Waals surface area contributed by atoms with Crippen LogP contribution in [0, 0.1) is 11.8 Å². The van der Waals surface area contributed by atoms with Crippen molar-refractivity contribution in [3.8, 4) is 0 Å². The summed E-state index contributed by atoms with van der Waals surface area (Å²) in [7, 11) is 0. The molecule has 1 amide bonds. The van der Waals surface area contributed by atoms with E-state index in [1.807, 2.05) is 0 Å². The van der Waals surface area contributed by atoms with Crippen molar-refractivity contribution < 1.29 is 80.7 Å². The zero-order chi connectivity index (χ0) is 15.9. The van der Waals surface area contributed by atoms with E-state index in [4.69, 9.17) is 4.74 Å². The van der Waals surface area contributed by atoms with Crippen LogP contribution in [0.15, 0.2) is 11.3 Å². The quantitative estimate of drug-likeness (QED) is 0.310. The number of carboxylic acid groups (broad SMARTS) is 1. The first-order valence-corrected chi connectivity index (χ1v) is 6.84. The van der Waals surface area contributed by atoms with E-state index in [-0.39, 0.29) is 69.6 Å². The number of carbonyl (C=O) groups excluding carboxylic acids is 3. The summed E-state index contributed by atoms with van der Waals surface area (Å²) in [5, 5.41) is 21.0. The maximum atomic E-state index is 12.0. The molecule has 2 aliphatic heterocycles. The van der Waals surface area contributed by atoms with Crippen molar-refractivity contribution in [1.29, 1.82) is 0 Å². The molecule has 0 spiro atoms. The van der Waals surface area contributed by atoms with Crippen molar-refractivity contribution >= 4 is 17.8 Å². The number of carboxylic acids is 1. The van der Waals surface area contributed by atoms with Gasteiger partial charge in [0.25, 0.3) is 0 Å². The van der Waals surface area contributed by atoms with E-state index in [0.29, 0.717) is 12.0 Å². The summed E-state index contributed by atoms with van der Waals surface area (Å²) in [6.07, 6.45) is -0.455. The summed E-state index contributed by atoms with van der Waals surface area (Å²) in [5.41, 5.74) is 0.415. The maximum absolute atomic E-state index is 12.0. The largest absolute Gasteiger partial charge is 1.00 e. The average Bonchev–Trinajstić information content (AvgIpc) is 2.59. The van der Waals surface area contributed by atoms with Gasteiger partial charge in [0.05, 0.1) is 36.3 Å². The number of hydrogen-bond donors (Lipinski definition) is 1. The Labute approximate surface area is 171 Å². The molecule has 1 saturated heterocycles. The third kappa shape index (κ3) is 3.32. The number of aliphatic carboxylic acids is 1. The number of fused-ring (bicyclic) bond motifs is 1. The first-order valence-electron chi connectivity index (χ1n) is 6.84. The summed E-state index contributed by atoms with van der Waals surface area (Å²) in [6.45, 7) is 4.58. The number of rotatable bonds is 5. The van der Waals surface area contributed by atoms with E-state index in [0.717, 1.165) is 0 Å². The molecule has 2 heterocycles. The van der Waals surface area contributed by atoms with Crippen molar-refractivity contribution in [2.24, 2.45) is 11.8 Å². The molecule has 0 aliphatic carbocycles. The van der Waals surface area contributed by atoms with E-state index in [2.05, 4.69) is 0 Å². The van der Waals surface area contributed by atoms with Gasteiger partial charge in [-0.25, -0.2) is 0 Å². The van der Waals surface area contributed by atoms with Crippen LogP contribution in [0.2, 0.25) is 0 Å². The first-order chi connectivity index (χ1) is 9.77. The molecule has 0 saturated carbocycles. The van der Waals surface area contributed by atoms with Gasteiger partial charge in [0.15, 0.2) is 0 Å². The summed E-state index contributed by atoms with van der Waals surface area (Å²) < 4.78 is 4.89. The van der Waals surface area contributed by atoms with Gasteiger partial charge in [-0.05, 0) is 25.8 Å². The van der Waals surface area contributed by atoms with Crippen LogP contribution in [-0.2, 0) is 19.1 Å². The molecule has 0 bridgehead atoms. The standard InChI is InChI=1S/C14H19NO6.K/c1-6-9(4-5-21-8(3)17)12-10(7(2)16)13(18)15(12)11(6)14(19)20;/h7,9-10,12,16H,4-5H2,1-3H3,(H,19,20);/q;+1/p-1/t7-,9+,10-,12-;/m1./s1. The molecule has 0 aromatic rings. The van der Waals surface area contributed by atoms with Gasteiger partial charge in [-0.3, -0.25) is 9.59 Å². The number of aliphatic hydroxyl groups is 1. The van der Waals surface area contributed by atoms with Crippen LogP contribution in [0.4, 0.5) is 0 Å². The minimum Gasteiger partial charge on any atom is -0.543 e. The fraction of sp³-hybridized carbons (Fsp3) is 0.643. The Bertz CT molecular complexity index is 529. The second-order valence-corrected chi connectivity index (χ2v) is 5.52. The number of aliphatic hydroxyl groups excluding tert-OH is 1. The van der Waals surface area contributed by atoms with Crippen molar-refractivity contribution in [1.82, 2.24) is 4.90 Å². The molecule has 1 N–H and O–H groups in total. The molecule has 22 heavy (non-hydrogen) atoms. The van der Waals surface area contributed by atoms with Gasteiger partial charge in [0.1, 0.15) is 0 Å². The number of amides is 1. The van der Waals surface area contributed by atoms with Gasteiger partial charge in [0.2, 0.25) is 5.91 Å². The Morgan fingerprint density at radius 2 is 2.05 bits per heavy atom. The molecule has 7 nitrogen and oxygen atoms in total. The minimum atomic E-state index is -1.40. The molecule has 0 radical (unpaired) electrons. The fourth-order valence-electron chi connectivity index (χ4n) is 3.31. The molecule has 8 heteroatoms. The van der Waals surface area contributed by atoms with Crippen LogP contribution in [0.3, 0.4) is 0 Å². The smallest absolute Gasteiger partial charge is 0.543 e. The van der Waals surface area contributed by atoms with Crippen molar-refractivity contribution in [3.05, 3.63) is 11.3 Å². The molecule has 0 unspecified atom stereocenters. The molecule has 0 aromatic carbocycles. The number of nitrogens with zero attached hydrogens (tertiary/aromatic N) is 1. The SMILES string of the molecule is CC(=O)OCC[C@H]1C(C)=C(C(=O)[O-])N2C(=O)[C@H]([C@@H](C)O)[C@@H]12.[K+]. The molecule has 2 rings (SSSR count). The second kappa shape index (κ2) is 7.54. The predicted molar refractivity (Wildman–Crippen MR) is 68.3 cm³/mol. The Balaban J connectivity index is 0.00000242. The van der Waals surface area contributed by atoms with Gasteiger partial charge in [-0.1, -0.05) is 0 Å². The molecule has 2 aliphatic rings. The van der Waals surface area contributed by atoms with Gasteiger partial charge < -0.3 is 24.6 Å². The van der Waals surface area contributed by atoms with Crippen LogP contribution in [0.5, 0.6) is 0 Å². The topological polar surface area (TPSA) is 107 Å². The van der Waals surface area contributed by atoms with Gasteiger partial charge in [0, 0.05) is 12.8 Å². The molecule has 1 fully saturated rings. The van der Waals surface area contributed by atoms with Crippen molar-refractivity contribution in [3.63, 3.8) is 0 Å². The van der Waals surface area contributed by atoms with E-state index in [9.17, 15) is 24.6 Å². The monoisotopic (exact) mass is 335 g/mol. The third-order valence-electron chi connectivity index (χ3n) is 4.22. The summed E-state index contributed by atoms with van der Waals surface area (Å²) in [5.74, 6) is -3.09. The minimum absolute atomic E-state index is 0. The van der Waals surface area contributed by atoms with Gasteiger partial charge >= 0.3 is 57.4 Å². The van der Waals surface area contributed by atoms with E-state index < -0.39 is 35.9 Å². The van der Waals surface area contributed by atoms with Gasteiger partial charge in [-0.15, -0.1) is 0 Å². The number of esters is 1. The van der Waals surface area contributed by atoms with Crippen LogP contribution in [0.1, 0.15) is 27.2 Å². The molecular weight excluding hydrogens is 317 g/mol. The third-order valence-corrected chi connectivity index (χ3v) is 4.22. The summed E-state index contributed by atoms with van der Waals surface area (Å²) in [4.78, 5) is 35.3. The zero-order valence-electron chi connectivity index (χ0n) is 13.2. The average molecular weight is 335 g/mol. The van der Waals surface area contributed by atoms with E-state index >= 15 is 0 Å². The van der Waals surface area contributed by atoms with Crippen molar-refractivity contribution in [2.75, 3.05) is 6.61 Å². The molecular formula is C14H18KNO6.